The van der Waals surface area contributed by atoms with Crippen molar-refractivity contribution < 1.29 is 0 Å². The molecule has 1 heteroatoms. The molecule has 16 heavy (non-hydrogen) atoms. The van der Waals surface area contributed by atoms with Gasteiger partial charge in [0.1, 0.15) is 0 Å². The molecule has 1 fully saturated rings. The van der Waals surface area contributed by atoms with Crippen molar-refractivity contribution in [1.82, 2.24) is 4.90 Å². The van der Waals surface area contributed by atoms with Crippen LogP contribution in [-0.2, 0) is 6.42 Å². The van der Waals surface area contributed by atoms with Crippen molar-refractivity contribution in [3.05, 3.63) is 41.1 Å². The van der Waals surface area contributed by atoms with Crippen LogP contribution in [0.4, 0.5) is 0 Å². The van der Waals surface area contributed by atoms with Crippen LogP contribution in [0.3, 0.4) is 0 Å². The summed E-state index contributed by atoms with van der Waals surface area (Å²) in [4.78, 5) is 2.60. The largest absolute Gasteiger partial charge is 0.375 e. The molecule has 1 aromatic carbocycles. The van der Waals surface area contributed by atoms with Crippen LogP contribution in [0, 0.1) is 0 Å². The molecule has 84 valence electrons. The van der Waals surface area contributed by atoms with E-state index in [2.05, 4.69) is 35.2 Å². The number of benzene rings is 1. The summed E-state index contributed by atoms with van der Waals surface area (Å²) in [5, 5.41) is 0. The fraction of sp³-hybridized carbons (Fsp3) is 0.467. The van der Waals surface area contributed by atoms with Crippen LogP contribution in [-0.4, -0.2) is 18.0 Å². The minimum atomic E-state index is 1.22. The lowest BCUT2D eigenvalue weighted by atomic mass is 9.94. The highest BCUT2D eigenvalue weighted by Gasteiger charge is 2.16. The first-order valence-electron chi connectivity index (χ1n) is 6.47. The Morgan fingerprint density at radius 1 is 0.875 bits per heavy atom. The van der Waals surface area contributed by atoms with Crippen LogP contribution in [0.5, 0.6) is 0 Å². The zero-order chi connectivity index (χ0) is 10.8. The van der Waals surface area contributed by atoms with Crippen LogP contribution >= 0.6 is 0 Å². The molecule has 0 bridgehead atoms. The maximum Gasteiger partial charge on any atom is 0.0175 e. The smallest absolute Gasteiger partial charge is 0.0175 e. The fourth-order valence-electron chi connectivity index (χ4n) is 2.85. The zero-order valence-corrected chi connectivity index (χ0v) is 9.78. The number of rotatable bonds is 1. The number of piperidine rings is 1. The van der Waals surface area contributed by atoms with Crippen molar-refractivity contribution >= 4 is 6.08 Å². The summed E-state index contributed by atoms with van der Waals surface area (Å²) in [6.07, 6.45) is 9.03. The first-order valence-corrected chi connectivity index (χ1v) is 6.47. The van der Waals surface area contributed by atoms with Gasteiger partial charge in [0.2, 0.25) is 0 Å². The summed E-state index contributed by atoms with van der Waals surface area (Å²) >= 11 is 0. The van der Waals surface area contributed by atoms with Crippen molar-refractivity contribution in [3.63, 3.8) is 0 Å². The van der Waals surface area contributed by atoms with Crippen molar-refractivity contribution in [3.8, 4) is 0 Å². The normalized spacial score (nSPS) is 20.2. The molecular formula is C15H19N. The molecule has 1 aliphatic heterocycles. The van der Waals surface area contributed by atoms with Crippen LogP contribution in [0.1, 0.15) is 36.8 Å². The summed E-state index contributed by atoms with van der Waals surface area (Å²) in [7, 11) is 0. The van der Waals surface area contributed by atoms with Crippen molar-refractivity contribution in [1.29, 1.82) is 0 Å². The van der Waals surface area contributed by atoms with Crippen LogP contribution in [0.2, 0.25) is 0 Å². The summed E-state index contributed by atoms with van der Waals surface area (Å²) in [5.41, 5.74) is 4.52. The minimum Gasteiger partial charge on any atom is -0.375 e. The molecule has 2 aliphatic rings. The molecule has 0 unspecified atom stereocenters. The molecule has 0 spiro atoms. The lowest BCUT2D eigenvalue weighted by Gasteiger charge is -2.33. The molecule has 0 radical (unpaired) electrons. The van der Waals surface area contributed by atoms with Gasteiger partial charge in [0.25, 0.3) is 0 Å². The molecule has 1 nitrogen and oxygen atoms in total. The van der Waals surface area contributed by atoms with E-state index in [0.717, 1.165) is 0 Å². The minimum absolute atomic E-state index is 1.22. The maximum atomic E-state index is 2.60. The molecule has 1 heterocycles. The molecule has 0 N–H and O–H groups in total. The second kappa shape index (κ2) is 4.32. The third-order valence-corrected chi connectivity index (χ3v) is 3.79. The molecular weight excluding hydrogens is 194 g/mol. The van der Waals surface area contributed by atoms with E-state index in [1.807, 2.05) is 0 Å². The van der Waals surface area contributed by atoms with E-state index in [-0.39, 0.29) is 0 Å². The molecule has 1 aromatic rings. The highest BCUT2D eigenvalue weighted by molar-refractivity contribution is 5.59. The van der Waals surface area contributed by atoms with Crippen molar-refractivity contribution in [2.24, 2.45) is 0 Å². The van der Waals surface area contributed by atoms with Crippen LogP contribution in [0.25, 0.3) is 6.08 Å². The predicted molar refractivity (Wildman–Crippen MR) is 68.2 cm³/mol. The number of allylic oxidation sites excluding steroid dienone is 1. The van der Waals surface area contributed by atoms with Crippen LogP contribution < -0.4 is 0 Å². The monoisotopic (exact) mass is 213 g/mol. The molecule has 0 saturated carbocycles. The first-order chi connectivity index (χ1) is 7.93. The van der Waals surface area contributed by atoms with Gasteiger partial charge in [-0.2, -0.15) is 0 Å². The second-order valence-corrected chi connectivity index (χ2v) is 4.88. The Morgan fingerprint density at radius 2 is 1.69 bits per heavy atom. The van der Waals surface area contributed by atoms with E-state index in [1.165, 1.54) is 56.3 Å². The Morgan fingerprint density at radius 3 is 2.56 bits per heavy atom. The van der Waals surface area contributed by atoms with E-state index in [0.29, 0.717) is 0 Å². The molecule has 0 aromatic heterocycles. The van der Waals surface area contributed by atoms with Gasteiger partial charge in [-0.3, -0.25) is 0 Å². The van der Waals surface area contributed by atoms with Crippen molar-refractivity contribution in [2.45, 2.75) is 32.1 Å². The fourth-order valence-corrected chi connectivity index (χ4v) is 2.85. The lowest BCUT2D eigenvalue weighted by Crippen LogP contribution is -2.30. The zero-order valence-electron chi connectivity index (χ0n) is 9.78. The van der Waals surface area contributed by atoms with E-state index >= 15 is 0 Å². The Labute approximate surface area is 97.8 Å². The van der Waals surface area contributed by atoms with Gasteiger partial charge in [-0.25, -0.2) is 0 Å². The number of hydrogen-bond acceptors (Lipinski definition) is 1. The van der Waals surface area contributed by atoms with Crippen molar-refractivity contribution in [2.75, 3.05) is 13.1 Å². The van der Waals surface area contributed by atoms with E-state index < -0.39 is 0 Å². The molecule has 0 amide bonds. The number of fused-ring (bicyclic) bond motifs is 1. The van der Waals surface area contributed by atoms with Gasteiger partial charge in [-0.15, -0.1) is 0 Å². The number of nitrogens with zero attached hydrogens (tertiary/aromatic N) is 1. The van der Waals surface area contributed by atoms with Gasteiger partial charge >= 0.3 is 0 Å². The van der Waals surface area contributed by atoms with Gasteiger partial charge in [0, 0.05) is 18.8 Å². The predicted octanol–water partition coefficient (Wildman–Crippen LogP) is 3.46. The Bertz CT molecular complexity index is 400. The summed E-state index contributed by atoms with van der Waals surface area (Å²) < 4.78 is 0. The average molecular weight is 213 g/mol. The highest BCUT2D eigenvalue weighted by atomic mass is 15.1. The Balaban J connectivity index is 1.85. The molecule has 3 rings (SSSR count). The number of hydrogen-bond donors (Lipinski definition) is 0. The Hall–Kier alpha value is -1.24. The van der Waals surface area contributed by atoms with Gasteiger partial charge in [-0.1, -0.05) is 24.3 Å². The third kappa shape index (κ3) is 1.87. The second-order valence-electron chi connectivity index (χ2n) is 4.88. The molecule has 0 atom stereocenters. The van der Waals surface area contributed by atoms with E-state index in [1.54, 1.807) is 5.70 Å². The standard InChI is InChI=1S/C15H19N/c1-4-10-16(11-5-1)15-9-8-13-6-2-3-7-14(13)12-15/h2-3,6-7,12H,1,4-5,8-11H2. The third-order valence-electron chi connectivity index (χ3n) is 3.79. The molecule has 1 saturated heterocycles. The quantitative estimate of drug-likeness (QED) is 0.690. The van der Waals surface area contributed by atoms with E-state index in [9.17, 15) is 0 Å². The number of likely N-dealkylation sites (tertiary alicyclic amines) is 1. The van der Waals surface area contributed by atoms with Gasteiger partial charge in [-0.05, 0) is 49.3 Å². The summed E-state index contributed by atoms with van der Waals surface area (Å²) in [6.45, 7) is 2.54. The van der Waals surface area contributed by atoms with E-state index in [4.69, 9.17) is 0 Å². The molecule has 1 aliphatic carbocycles. The van der Waals surface area contributed by atoms with Gasteiger partial charge < -0.3 is 4.90 Å². The average Bonchev–Trinajstić information content (AvgIpc) is 2.39. The SMILES string of the molecule is C1=C(N2CCCCC2)CCc2ccccc21. The van der Waals surface area contributed by atoms with Gasteiger partial charge in [0.05, 0.1) is 0 Å². The highest BCUT2D eigenvalue weighted by Crippen LogP contribution is 2.27. The van der Waals surface area contributed by atoms with Gasteiger partial charge in [0.15, 0.2) is 0 Å². The first kappa shape index (κ1) is 9.95. The number of aryl methyl sites for hydroxylation is 1. The summed E-state index contributed by atoms with van der Waals surface area (Å²) in [5.74, 6) is 0. The summed E-state index contributed by atoms with van der Waals surface area (Å²) in [6, 6.07) is 8.81. The lowest BCUT2D eigenvalue weighted by molar-refractivity contribution is 0.278. The Kier molecular flexibility index (Phi) is 2.69. The topological polar surface area (TPSA) is 3.24 Å². The van der Waals surface area contributed by atoms with Crippen LogP contribution in [0.15, 0.2) is 30.0 Å². The maximum absolute atomic E-state index is 2.60.